The van der Waals surface area contributed by atoms with Crippen LogP contribution in [0.25, 0.3) is 0 Å². The summed E-state index contributed by atoms with van der Waals surface area (Å²) in [5.41, 5.74) is 1.20. The van der Waals surface area contributed by atoms with Gasteiger partial charge in [-0.3, -0.25) is 0 Å². The first-order valence-electron chi connectivity index (χ1n) is 7.03. The maximum absolute atomic E-state index is 4.75. The average Bonchev–Trinajstić information content (AvgIpc) is 2.72. The maximum Gasteiger partial charge on any atom is 0.185 e. The van der Waals surface area contributed by atoms with Crippen molar-refractivity contribution >= 4 is 16.5 Å². The van der Waals surface area contributed by atoms with E-state index in [4.69, 9.17) is 4.98 Å². The predicted molar refractivity (Wildman–Crippen MR) is 79.4 cm³/mol. The molecule has 2 heterocycles. The molecule has 1 aliphatic heterocycles. The monoisotopic (exact) mass is 267 g/mol. The minimum atomic E-state index is 0.778. The highest BCUT2D eigenvalue weighted by Gasteiger charge is 2.24. The van der Waals surface area contributed by atoms with Gasteiger partial charge in [0.2, 0.25) is 0 Å². The molecule has 102 valence electrons. The molecule has 0 spiro atoms. The van der Waals surface area contributed by atoms with Crippen molar-refractivity contribution < 1.29 is 0 Å². The first kappa shape index (κ1) is 13.8. The first-order chi connectivity index (χ1) is 8.61. The molecule has 1 N–H and O–H groups in total. The molecule has 1 fully saturated rings. The van der Waals surface area contributed by atoms with Gasteiger partial charge in [0.25, 0.3) is 0 Å². The minimum Gasteiger partial charge on any atom is -0.348 e. The van der Waals surface area contributed by atoms with Crippen molar-refractivity contribution in [3.63, 3.8) is 0 Å². The minimum absolute atomic E-state index is 0.778. The van der Waals surface area contributed by atoms with Crippen molar-refractivity contribution in [2.24, 2.45) is 11.8 Å². The lowest BCUT2D eigenvalue weighted by molar-refractivity contribution is 0.324. The second-order valence-corrected chi connectivity index (χ2v) is 6.54. The quantitative estimate of drug-likeness (QED) is 0.909. The molecular weight excluding hydrogens is 242 g/mol. The normalized spacial score (nSPS) is 24.6. The highest BCUT2D eigenvalue weighted by atomic mass is 32.1. The van der Waals surface area contributed by atoms with Crippen molar-refractivity contribution in [1.82, 2.24) is 10.3 Å². The van der Waals surface area contributed by atoms with Crippen molar-refractivity contribution in [3.05, 3.63) is 10.6 Å². The molecule has 1 aromatic heterocycles. The van der Waals surface area contributed by atoms with E-state index < -0.39 is 0 Å². The lowest BCUT2D eigenvalue weighted by atomic mass is 9.89. The highest BCUT2D eigenvalue weighted by molar-refractivity contribution is 7.15. The third-order valence-electron chi connectivity index (χ3n) is 4.02. The van der Waals surface area contributed by atoms with E-state index in [2.05, 4.69) is 37.9 Å². The second-order valence-electron chi connectivity index (χ2n) is 5.47. The smallest absolute Gasteiger partial charge is 0.185 e. The summed E-state index contributed by atoms with van der Waals surface area (Å²) >= 11 is 1.86. The summed E-state index contributed by atoms with van der Waals surface area (Å²) in [6.45, 7) is 13.3. The Bertz CT molecular complexity index is 388. The Kier molecular flexibility index (Phi) is 4.62. The summed E-state index contributed by atoms with van der Waals surface area (Å²) in [5, 5.41) is 4.61. The van der Waals surface area contributed by atoms with Gasteiger partial charge in [0.1, 0.15) is 0 Å². The molecule has 2 rings (SSSR count). The van der Waals surface area contributed by atoms with Crippen LogP contribution in [0, 0.1) is 18.8 Å². The molecular formula is C14H25N3S. The van der Waals surface area contributed by atoms with Gasteiger partial charge in [-0.15, -0.1) is 11.3 Å². The van der Waals surface area contributed by atoms with Crippen LogP contribution in [0.15, 0.2) is 0 Å². The Hall–Kier alpha value is -0.610. The largest absolute Gasteiger partial charge is 0.348 e. The van der Waals surface area contributed by atoms with Gasteiger partial charge in [-0.25, -0.2) is 4.98 Å². The van der Waals surface area contributed by atoms with E-state index >= 15 is 0 Å². The van der Waals surface area contributed by atoms with Crippen molar-refractivity contribution in [3.8, 4) is 0 Å². The SMILES string of the molecule is CCNCc1sc(N2CCC(C)C(C)C2)nc1C. The molecule has 1 aromatic rings. The molecule has 0 radical (unpaired) electrons. The van der Waals surface area contributed by atoms with E-state index in [1.807, 2.05) is 11.3 Å². The average molecular weight is 267 g/mol. The molecule has 0 aromatic carbocycles. The fourth-order valence-electron chi connectivity index (χ4n) is 2.39. The topological polar surface area (TPSA) is 28.2 Å². The fourth-order valence-corrected chi connectivity index (χ4v) is 3.45. The molecule has 2 unspecified atom stereocenters. The molecule has 4 heteroatoms. The summed E-state index contributed by atoms with van der Waals surface area (Å²) in [6.07, 6.45) is 1.29. The number of piperidine rings is 1. The molecule has 1 saturated heterocycles. The summed E-state index contributed by atoms with van der Waals surface area (Å²) in [7, 11) is 0. The van der Waals surface area contributed by atoms with Gasteiger partial charge >= 0.3 is 0 Å². The van der Waals surface area contributed by atoms with Gasteiger partial charge in [0.05, 0.1) is 5.69 Å². The Morgan fingerprint density at radius 1 is 1.39 bits per heavy atom. The number of rotatable bonds is 4. The molecule has 18 heavy (non-hydrogen) atoms. The molecule has 0 saturated carbocycles. The maximum atomic E-state index is 4.75. The Morgan fingerprint density at radius 2 is 2.17 bits per heavy atom. The second kappa shape index (κ2) is 6.02. The van der Waals surface area contributed by atoms with E-state index in [9.17, 15) is 0 Å². The molecule has 1 aliphatic rings. The summed E-state index contributed by atoms with van der Waals surface area (Å²) in [5.74, 6) is 1.63. The number of aromatic nitrogens is 1. The number of thiazole rings is 1. The van der Waals surface area contributed by atoms with Crippen LogP contribution in [0.3, 0.4) is 0 Å². The summed E-state index contributed by atoms with van der Waals surface area (Å²) in [6, 6.07) is 0. The number of hydrogen-bond donors (Lipinski definition) is 1. The molecule has 0 aliphatic carbocycles. The van der Waals surface area contributed by atoms with Crippen LogP contribution in [0.4, 0.5) is 5.13 Å². The van der Waals surface area contributed by atoms with Gasteiger partial charge in [0.15, 0.2) is 5.13 Å². The fraction of sp³-hybridized carbons (Fsp3) is 0.786. The van der Waals surface area contributed by atoms with Crippen LogP contribution >= 0.6 is 11.3 Å². The van der Waals surface area contributed by atoms with Gasteiger partial charge in [-0.05, 0) is 31.7 Å². The first-order valence-corrected chi connectivity index (χ1v) is 7.85. The van der Waals surface area contributed by atoms with Gasteiger partial charge in [-0.2, -0.15) is 0 Å². The molecule has 3 nitrogen and oxygen atoms in total. The number of nitrogens with zero attached hydrogens (tertiary/aromatic N) is 2. The number of anilines is 1. The molecule has 0 amide bonds. The zero-order valence-corrected chi connectivity index (χ0v) is 12.8. The van der Waals surface area contributed by atoms with Gasteiger partial charge in [0, 0.05) is 24.5 Å². The summed E-state index contributed by atoms with van der Waals surface area (Å²) < 4.78 is 0. The van der Waals surface area contributed by atoms with Crippen LogP contribution in [0.1, 0.15) is 37.8 Å². The number of aryl methyl sites for hydroxylation is 1. The van der Waals surface area contributed by atoms with Crippen LogP contribution in [-0.2, 0) is 6.54 Å². The number of hydrogen-bond acceptors (Lipinski definition) is 4. The third-order valence-corrected chi connectivity index (χ3v) is 5.24. The Balaban J connectivity index is 2.05. The molecule has 0 bridgehead atoms. The van der Waals surface area contributed by atoms with Gasteiger partial charge < -0.3 is 10.2 Å². The van der Waals surface area contributed by atoms with Crippen LogP contribution in [0.2, 0.25) is 0 Å². The van der Waals surface area contributed by atoms with Crippen LogP contribution in [0.5, 0.6) is 0 Å². The lowest BCUT2D eigenvalue weighted by Crippen LogP contribution is -2.38. The van der Waals surface area contributed by atoms with Gasteiger partial charge in [-0.1, -0.05) is 20.8 Å². The van der Waals surface area contributed by atoms with Crippen LogP contribution < -0.4 is 10.2 Å². The van der Waals surface area contributed by atoms with E-state index in [0.29, 0.717) is 0 Å². The third kappa shape index (κ3) is 3.04. The van der Waals surface area contributed by atoms with Crippen LogP contribution in [-0.4, -0.2) is 24.6 Å². The van der Waals surface area contributed by atoms with E-state index in [1.54, 1.807) is 0 Å². The van der Waals surface area contributed by atoms with E-state index in [-0.39, 0.29) is 0 Å². The Labute approximate surface area is 115 Å². The van der Waals surface area contributed by atoms with E-state index in [0.717, 1.165) is 31.5 Å². The number of nitrogens with one attached hydrogen (secondary N) is 1. The van der Waals surface area contributed by atoms with Crippen molar-refractivity contribution in [1.29, 1.82) is 0 Å². The predicted octanol–water partition coefficient (Wildman–Crippen LogP) is 3.04. The van der Waals surface area contributed by atoms with Crippen molar-refractivity contribution in [2.75, 3.05) is 24.5 Å². The lowest BCUT2D eigenvalue weighted by Gasteiger charge is -2.35. The van der Waals surface area contributed by atoms with E-state index in [1.165, 1.54) is 28.7 Å². The zero-order chi connectivity index (χ0) is 13.1. The highest BCUT2D eigenvalue weighted by Crippen LogP contribution is 2.31. The standard InChI is InChI=1S/C14H25N3S/c1-5-15-8-13-12(4)16-14(18-13)17-7-6-10(2)11(3)9-17/h10-11,15H,5-9H2,1-4H3. The van der Waals surface area contributed by atoms with Crippen molar-refractivity contribution in [2.45, 2.75) is 40.7 Å². The Morgan fingerprint density at radius 3 is 2.83 bits per heavy atom. The molecule has 2 atom stereocenters. The zero-order valence-electron chi connectivity index (χ0n) is 12.0. The summed E-state index contributed by atoms with van der Waals surface area (Å²) in [4.78, 5) is 8.61.